The molecule has 0 saturated carbocycles. The zero-order chi connectivity index (χ0) is 9.10. The first kappa shape index (κ1) is 8.25. The molecule has 0 amide bonds. The fourth-order valence-corrected chi connectivity index (χ4v) is 1.39. The third-order valence-electron chi connectivity index (χ3n) is 2.10. The molecule has 0 bridgehead atoms. The molecule has 1 aromatic heterocycles. The molecule has 2 heterocycles. The van der Waals surface area contributed by atoms with Crippen molar-refractivity contribution >= 4 is 11.6 Å². The van der Waals surface area contributed by atoms with Crippen molar-refractivity contribution in [1.29, 1.82) is 0 Å². The average molecular weight is 179 g/mol. The molecule has 1 fully saturated rings. The molecule has 0 spiro atoms. The number of hydrogen-bond donors (Lipinski definition) is 2. The summed E-state index contributed by atoms with van der Waals surface area (Å²) in [4.78, 5) is 10.4. The van der Waals surface area contributed by atoms with Crippen molar-refractivity contribution in [3.05, 3.63) is 12.4 Å². The molecule has 13 heavy (non-hydrogen) atoms. The van der Waals surface area contributed by atoms with Crippen LogP contribution in [0, 0.1) is 0 Å². The first-order chi connectivity index (χ1) is 6.36. The lowest BCUT2D eigenvalue weighted by Crippen LogP contribution is -2.43. The van der Waals surface area contributed by atoms with E-state index in [-0.39, 0.29) is 0 Å². The predicted molar refractivity (Wildman–Crippen MR) is 51.5 cm³/mol. The first-order valence-corrected chi connectivity index (χ1v) is 4.39. The maximum atomic E-state index is 5.45. The molecule has 0 aromatic carbocycles. The summed E-state index contributed by atoms with van der Waals surface area (Å²) in [7, 11) is 0. The van der Waals surface area contributed by atoms with Crippen molar-refractivity contribution in [2.75, 3.05) is 36.8 Å². The van der Waals surface area contributed by atoms with Gasteiger partial charge in [-0.3, -0.25) is 0 Å². The van der Waals surface area contributed by atoms with Crippen LogP contribution in [0.2, 0.25) is 0 Å². The zero-order valence-electron chi connectivity index (χ0n) is 7.40. The zero-order valence-corrected chi connectivity index (χ0v) is 7.40. The van der Waals surface area contributed by atoms with E-state index < -0.39 is 0 Å². The van der Waals surface area contributed by atoms with Gasteiger partial charge in [-0.1, -0.05) is 0 Å². The second-order valence-electron chi connectivity index (χ2n) is 3.04. The third-order valence-corrected chi connectivity index (χ3v) is 2.10. The highest BCUT2D eigenvalue weighted by Gasteiger charge is 2.10. The van der Waals surface area contributed by atoms with Gasteiger partial charge in [0, 0.05) is 26.2 Å². The molecule has 1 aliphatic rings. The summed E-state index contributed by atoms with van der Waals surface area (Å²) in [6.07, 6.45) is 3.32. The summed E-state index contributed by atoms with van der Waals surface area (Å²) in [6.45, 7) is 3.98. The van der Waals surface area contributed by atoms with E-state index in [0.29, 0.717) is 5.82 Å². The van der Waals surface area contributed by atoms with Gasteiger partial charge in [0.05, 0.1) is 12.4 Å². The molecule has 0 radical (unpaired) electrons. The maximum Gasteiger partial charge on any atom is 0.147 e. The minimum atomic E-state index is 0.471. The SMILES string of the molecule is Nc1cnc(N2CCNCC2)cn1. The Morgan fingerprint density at radius 3 is 2.62 bits per heavy atom. The number of anilines is 2. The van der Waals surface area contributed by atoms with Crippen LogP contribution in [0.1, 0.15) is 0 Å². The summed E-state index contributed by atoms with van der Waals surface area (Å²) in [5.74, 6) is 1.38. The fourth-order valence-electron chi connectivity index (χ4n) is 1.39. The minimum Gasteiger partial charge on any atom is -0.382 e. The van der Waals surface area contributed by atoms with E-state index in [1.807, 2.05) is 0 Å². The van der Waals surface area contributed by atoms with Crippen molar-refractivity contribution in [2.45, 2.75) is 0 Å². The highest BCUT2D eigenvalue weighted by molar-refractivity contribution is 5.39. The summed E-state index contributed by atoms with van der Waals surface area (Å²) < 4.78 is 0. The number of nitrogens with two attached hydrogens (primary N) is 1. The van der Waals surface area contributed by atoms with E-state index in [1.165, 1.54) is 0 Å². The van der Waals surface area contributed by atoms with Gasteiger partial charge in [-0.15, -0.1) is 0 Å². The van der Waals surface area contributed by atoms with Gasteiger partial charge in [-0.2, -0.15) is 0 Å². The van der Waals surface area contributed by atoms with Crippen molar-refractivity contribution < 1.29 is 0 Å². The molecular formula is C8H13N5. The third kappa shape index (κ3) is 1.86. The van der Waals surface area contributed by atoms with Crippen LogP contribution < -0.4 is 16.0 Å². The second kappa shape index (κ2) is 3.57. The molecule has 0 atom stereocenters. The summed E-state index contributed by atoms with van der Waals surface area (Å²) in [6, 6.07) is 0. The van der Waals surface area contributed by atoms with Crippen LogP contribution in [0.3, 0.4) is 0 Å². The largest absolute Gasteiger partial charge is 0.382 e. The Balaban J connectivity index is 2.10. The van der Waals surface area contributed by atoms with Crippen molar-refractivity contribution in [3.63, 3.8) is 0 Å². The van der Waals surface area contributed by atoms with Gasteiger partial charge in [0.1, 0.15) is 11.6 Å². The van der Waals surface area contributed by atoms with Crippen molar-refractivity contribution in [3.8, 4) is 0 Å². The second-order valence-corrected chi connectivity index (χ2v) is 3.04. The van der Waals surface area contributed by atoms with Gasteiger partial charge >= 0.3 is 0 Å². The maximum absolute atomic E-state index is 5.45. The lowest BCUT2D eigenvalue weighted by atomic mass is 10.3. The molecule has 5 heteroatoms. The van der Waals surface area contributed by atoms with Gasteiger partial charge in [-0.05, 0) is 0 Å². The van der Waals surface area contributed by atoms with Crippen LogP contribution in [0.15, 0.2) is 12.4 Å². The van der Waals surface area contributed by atoms with Crippen LogP contribution >= 0.6 is 0 Å². The standard InChI is InChI=1S/C8H13N5/c9-7-5-12-8(6-11-7)13-3-1-10-2-4-13/h5-6,10H,1-4H2,(H2,9,11). The molecule has 0 aliphatic carbocycles. The van der Waals surface area contributed by atoms with Crippen molar-refractivity contribution in [1.82, 2.24) is 15.3 Å². The van der Waals surface area contributed by atoms with Crippen LogP contribution in [-0.4, -0.2) is 36.1 Å². The fraction of sp³-hybridized carbons (Fsp3) is 0.500. The molecule has 70 valence electrons. The first-order valence-electron chi connectivity index (χ1n) is 4.39. The van der Waals surface area contributed by atoms with Crippen LogP contribution in [0.25, 0.3) is 0 Å². The molecule has 5 nitrogen and oxygen atoms in total. The Labute approximate surface area is 77.0 Å². The molecule has 0 unspecified atom stereocenters. The van der Waals surface area contributed by atoms with Gasteiger partial charge in [-0.25, -0.2) is 9.97 Å². The van der Waals surface area contributed by atoms with E-state index >= 15 is 0 Å². The topological polar surface area (TPSA) is 67.1 Å². The van der Waals surface area contributed by atoms with Gasteiger partial charge in [0.25, 0.3) is 0 Å². The van der Waals surface area contributed by atoms with Crippen LogP contribution in [0.4, 0.5) is 11.6 Å². The Hall–Kier alpha value is -1.36. The Morgan fingerprint density at radius 2 is 2.00 bits per heavy atom. The summed E-state index contributed by atoms with van der Waals surface area (Å²) >= 11 is 0. The Kier molecular flexibility index (Phi) is 2.27. The summed E-state index contributed by atoms with van der Waals surface area (Å²) in [5.41, 5.74) is 5.45. The molecule has 3 N–H and O–H groups in total. The number of piperazine rings is 1. The number of hydrogen-bond acceptors (Lipinski definition) is 5. The molecule has 1 aromatic rings. The van der Waals surface area contributed by atoms with Gasteiger partial charge in [0.15, 0.2) is 0 Å². The highest BCUT2D eigenvalue weighted by Crippen LogP contribution is 2.09. The number of rotatable bonds is 1. The predicted octanol–water partition coefficient (Wildman–Crippen LogP) is -0.532. The minimum absolute atomic E-state index is 0.471. The smallest absolute Gasteiger partial charge is 0.147 e. The van der Waals surface area contributed by atoms with Crippen LogP contribution in [-0.2, 0) is 0 Å². The van der Waals surface area contributed by atoms with E-state index in [1.54, 1.807) is 12.4 Å². The Bertz CT molecular complexity index is 264. The normalized spacial score (nSPS) is 17.4. The molecular weight excluding hydrogens is 166 g/mol. The number of aromatic nitrogens is 2. The monoisotopic (exact) mass is 179 g/mol. The summed E-state index contributed by atoms with van der Waals surface area (Å²) in [5, 5.41) is 3.28. The molecule has 1 saturated heterocycles. The number of nitrogen functional groups attached to an aromatic ring is 1. The van der Waals surface area contributed by atoms with Crippen LogP contribution in [0.5, 0.6) is 0 Å². The van der Waals surface area contributed by atoms with Gasteiger partial charge < -0.3 is 16.0 Å². The average Bonchev–Trinajstić information content (AvgIpc) is 2.20. The molecule has 2 rings (SSSR count). The van der Waals surface area contributed by atoms with Crippen molar-refractivity contribution in [2.24, 2.45) is 0 Å². The lowest BCUT2D eigenvalue weighted by molar-refractivity contribution is 0.584. The highest BCUT2D eigenvalue weighted by atomic mass is 15.2. The Morgan fingerprint density at radius 1 is 1.23 bits per heavy atom. The van der Waals surface area contributed by atoms with E-state index in [2.05, 4.69) is 20.2 Å². The quantitative estimate of drug-likeness (QED) is 0.606. The van der Waals surface area contributed by atoms with E-state index in [4.69, 9.17) is 5.73 Å². The van der Waals surface area contributed by atoms with E-state index in [9.17, 15) is 0 Å². The lowest BCUT2D eigenvalue weighted by Gasteiger charge is -2.27. The number of nitrogens with one attached hydrogen (secondary N) is 1. The number of nitrogens with zero attached hydrogens (tertiary/aromatic N) is 3. The molecule has 1 aliphatic heterocycles. The van der Waals surface area contributed by atoms with E-state index in [0.717, 1.165) is 32.0 Å². The van der Waals surface area contributed by atoms with Gasteiger partial charge in [0.2, 0.25) is 0 Å².